The Bertz CT molecular complexity index is 522. The minimum absolute atomic E-state index is 0.419. The van der Waals surface area contributed by atoms with Crippen molar-refractivity contribution in [3.63, 3.8) is 0 Å². The molecule has 2 saturated carbocycles. The summed E-state index contributed by atoms with van der Waals surface area (Å²) in [6.45, 7) is 8.53. The summed E-state index contributed by atoms with van der Waals surface area (Å²) in [5.41, 5.74) is 0. The third-order valence-corrected chi connectivity index (χ3v) is 5.28. The van der Waals surface area contributed by atoms with Gasteiger partial charge in [0.15, 0.2) is 5.89 Å². The van der Waals surface area contributed by atoms with Gasteiger partial charge >= 0.3 is 0 Å². The fraction of sp³-hybridized carbons (Fsp3) is 0.706. The summed E-state index contributed by atoms with van der Waals surface area (Å²) in [6.07, 6.45) is 7.10. The van der Waals surface area contributed by atoms with Crippen LogP contribution < -0.4 is 0 Å². The Labute approximate surface area is 136 Å². The van der Waals surface area contributed by atoms with Gasteiger partial charge in [0.25, 0.3) is 0 Å². The second-order valence-electron chi connectivity index (χ2n) is 6.94. The summed E-state index contributed by atoms with van der Waals surface area (Å²) in [6, 6.07) is 0. The Hall–Kier alpha value is -1.23. The van der Waals surface area contributed by atoms with Crippen molar-refractivity contribution in [2.24, 2.45) is 0 Å². The van der Waals surface area contributed by atoms with Crippen molar-refractivity contribution in [1.82, 2.24) is 15.2 Å². The Balaban J connectivity index is 0.000000131. The van der Waals surface area contributed by atoms with Gasteiger partial charge in [-0.15, -0.1) is 21.5 Å². The highest BCUT2D eigenvalue weighted by Crippen LogP contribution is 2.42. The van der Waals surface area contributed by atoms with Gasteiger partial charge in [0.1, 0.15) is 15.8 Å². The molecule has 2 aromatic heterocycles. The van der Waals surface area contributed by atoms with Crippen LogP contribution in [0.15, 0.2) is 10.6 Å². The van der Waals surface area contributed by atoms with Crippen molar-refractivity contribution >= 4 is 11.3 Å². The van der Waals surface area contributed by atoms with E-state index >= 15 is 0 Å². The first-order chi connectivity index (χ1) is 10.5. The third-order valence-electron chi connectivity index (χ3n) is 3.89. The molecule has 2 aliphatic carbocycles. The molecule has 2 fully saturated rings. The lowest BCUT2D eigenvalue weighted by Gasteiger charge is -1.95. The van der Waals surface area contributed by atoms with Crippen molar-refractivity contribution in [2.45, 2.75) is 77.0 Å². The molecule has 2 heterocycles. The van der Waals surface area contributed by atoms with Crippen LogP contribution in [-0.4, -0.2) is 15.2 Å². The van der Waals surface area contributed by atoms with Crippen LogP contribution in [0.3, 0.4) is 0 Å². The standard InChI is InChI=1S/C9H13NO.C8H12N2S/c1-6(2)9-10-5-8(11-9)7-3-4-7;1-5(2)7-9-10-8(11-7)6-3-4-6/h5-7H,3-4H2,1-2H3;5-6H,3-4H2,1-2H3. The normalized spacial score (nSPS) is 17.7. The molecule has 0 N–H and O–H groups in total. The molecule has 0 bridgehead atoms. The lowest BCUT2D eigenvalue weighted by atomic mass is 10.2. The molecule has 0 unspecified atom stereocenters. The van der Waals surface area contributed by atoms with Gasteiger partial charge in [-0.3, -0.25) is 0 Å². The molecular weight excluding hydrogens is 294 g/mol. The van der Waals surface area contributed by atoms with Gasteiger partial charge in [0, 0.05) is 23.7 Å². The molecule has 0 radical (unpaired) electrons. The molecule has 120 valence electrons. The molecule has 4 nitrogen and oxygen atoms in total. The lowest BCUT2D eigenvalue weighted by Crippen LogP contribution is -1.84. The number of hydrogen-bond donors (Lipinski definition) is 0. The van der Waals surface area contributed by atoms with E-state index in [9.17, 15) is 0 Å². The summed E-state index contributed by atoms with van der Waals surface area (Å²) >= 11 is 1.79. The molecule has 22 heavy (non-hydrogen) atoms. The van der Waals surface area contributed by atoms with E-state index in [1.807, 2.05) is 6.20 Å². The van der Waals surface area contributed by atoms with Crippen LogP contribution in [0.1, 0.15) is 98.7 Å². The average Bonchev–Trinajstić information content (AvgIpc) is 3.41. The monoisotopic (exact) mass is 319 g/mol. The van der Waals surface area contributed by atoms with Gasteiger partial charge < -0.3 is 4.42 Å². The Kier molecular flexibility index (Phi) is 4.62. The summed E-state index contributed by atoms with van der Waals surface area (Å²) in [5.74, 6) is 4.39. The quantitative estimate of drug-likeness (QED) is 0.775. The van der Waals surface area contributed by atoms with Gasteiger partial charge in [-0.2, -0.15) is 0 Å². The van der Waals surface area contributed by atoms with Crippen molar-refractivity contribution in [3.8, 4) is 0 Å². The van der Waals surface area contributed by atoms with E-state index in [4.69, 9.17) is 4.42 Å². The van der Waals surface area contributed by atoms with Gasteiger partial charge in [0.05, 0.1) is 6.20 Å². The fourth-order valence-electron chi connectivity index (χ4n) is 2.10. The predicted molar refractivity (Wildman–Crippen MR) is 88.5 cm³/mol. The third kappa shape index (κ3) is 3.94. The maximum Gasteiger partial charge on any atom is 0.196 e. The van der Waals surface area contributed by atoms with Gasteiger partial charge in [-0.25, -0.2) is 4.98 Å². The second kappa shape index (κ2) is 6.49. The van der Waals surface area contributed by atoms with Crippen LogP contribution in [0.5, 0.6) is 0 Å². The zero-order chi connectivity index (χ0) is 15.7. The topological polar surface area (TPSA) is 51.8 Å². The summed E-state index contributed by atoms with van der Waals surface area (Å²) in [4.78, 5) is 4.21. The van der Waals surface area contributed by atoms with E-state index in [2.05, 4.69) is 42.9 Å². The highest BCUT2D eigenvalue weighted by Gasteiger charge is 2.28. The van der Waals surface area contributed by atoms with E-state index in [0.717, 1.165) is 17.6 Å². The lowest BCUT2D eigenvalue weighted by molar-refractivity contribution is 0.437. The van der Waals surface area contributed by atoms with Crippen molar-refractivity contribution in [2.75, 3.05) is 0 Å². The molecule has 0 saturated heterocycles. The average molecular weight is 319 g/mol. The Morgan fingerprint density at radius 1 is 1.00 bits per heavy atom. The van der Waals surface area contributed by atoms with E-state index in [1.165, 1.54) is 35.7 Å². The minimum Gasteiger partial charge on any atom is -0.445 e. The van der Waals surface area contributed by atoms with Crippen molar-refractivity contribution < 1.29 is 4.42 Å². The summed E-state index contributed by atoms with van der Waals surface area (Å²) in [5, 5.41) is 10.8. The van der Waals surface area contributed by atoms with Gasteiger partial charge in [-0.1, -0.05) is 27.7 Å². The predicted octanol–water partition coefficient (Wildman–Crippen LogP) is 5.21. The molecule has 0 spiro atoms. The van der Waals surface area contributed by atoms with E-state index in [-0.39, 0.29) is 0 Å². The first-order valence-electron chi connectivity index (χ1n) is 8.33. The Morgan fingerprint density at radius 3 is 2.14 bits per heavy atom. The molecule has 2 aromatic rings. The largest absolute Gasteiger partial charge is 0.445 e. The molecule has 0 amide bonds. The van der Waals surface area contributed by atoms with Crippen molar-refractivity contribution in [1.29, 1.82) is 0 Å². The van der Waals surface area contributed by atoms with E-state index in [0.29, 0.717) is 17.8 Å². The first-order valence-corrected chi connectivity index (χ1v) is 9.15. The first kappa shape index (κ1) is 15.7. The number of nitrogens with zero attached hydrogens (tertiary/aromatic N) is 3. The van der Waals surface area contributed by atoms with Crippen LogP contribution in [0.4, 0.5) is 0 Å². The van der Waals surface area contributed by atoms with Crippen LogP contribution in [0, 0.1) is 0 Å². The molecular formula is C17H25N3OS. The van der Waals surface area contributed by atoms with E-state index in [1.54, 1.807) is 11.3 Å². The van der Waals surface area contributed by atoms with Gasteiger partial charge in [-0.05, 0) is 25.7 Å². The number of aromatic nitrogens is 3. The molecule has 4 rings (SSSR count). The van der Waals surface area contributed by atoms with Crippen molar-refractivity contribution in [3.05, 3.63) is 27.9 Å². The molecule has 5 heteroatoms. The smallest absolute Gasteiger partial charge is 0.196 e. The summed E-state index contributed by atoms with van der Waals surface area (Å²) in [7, 11) is 0. The molecule has 0 atom stereocenters. The van der Waals surface area contributed by atoms with Crippen LogP contribution in [-0.2, 0) is 0 Å². The second-order valence-corrected chi connectivity index (χ2v) is 7.98. The molecule has 2 aliphatic rings. The fourth-order valence-corrected chi connectivity index (χ4v) is 3.11. The van der Waals surface area contributed by atoms with E-state index < -0.39 is 0 Å². The maximum atomic E-state index is 5.56. The van der Waals surface area contributed by atoms with Crippen LogP contribution in [0.25, 0.3) is 0 Å². The zero-order valence-electron chi connectivity index (χ0n) is 13.9. The molecule has 0 aromatic carbocycles. The van der Waals surface area contributed by atoms with Crippen LogP contribution >= 0.6 is 11.3 Å². The number of oxazole rings is 1. The zero-order valence-corrected chi connectivity index (χ0v) is 14.7. The summed E-state index contributed by atoms with van der Waals surface area (Å²) < 4.78 is 5.56. The maximum absolute atomic E-state index is 5.56. The Morgan fingerprint density at radius 2 is 1.68 bits per heavy atom. The molecule has 0 aliphatic heterocycles. The highest BCUT2D eigenvalue weighted by molar-refractivity contribution is 7.11. The number of rotatable bonds is 4. The van der Waals surface area contributed by atoms with Crippen LogP contribution in [0.2, 0.25) is 0 Å². The minimum atomic E-state index is 0.419. The number of hydrogen-bond acceptors (Lipinski definition) is 5. The highest BCUT2D eigenvalue weighted by atomic mass is 32.1. The van der Waals surface area contributed by atoms with Gasteiger partial charge in [0.2, 0.25) is 0 Å². The SMILES string of the molecule is CC(C)c1ncc(C2CC2)o1.CC(C)c1nnc(C2CC2)s1.